The van der Waals surface area contributed by atoms with Gasteiger partial charge in [-0.2, -0.15) is 4.98 Å². The summed E-state index contributed by atoms with van der Waals surface area (Å²) >= 11 is 0. The molecule has 1 unspecified atom stereocenters. The second-order valence-electron chi connectivity index (χ2n) is 4.43. The van der Waals surface area contributed by atoms with Crippen molar-refractivity contribution in [3.8, 4) is 0 Å². The number of halogens is 2. The number of nitrogens with two attached hydrogens (primary N) is 1. The van der Waals surface area contributed by atoms with Crippen molar-refractivity contribution in [1.82, 2.24) is 10.1 Å². The van der Waals surface area contributed by atoms with Crippen molar-refractivity contribution in [2.24, 2.45) is 5.73 Å². The van der Waals surface area contributed by atoms with E-state index in [1.807, 2.05) is 6.92 Å². The van der Waals surface area contributed by atoms with Gasteiger partial charge in [-0.3, -0.25) is 0 Å². The second kappa shape index (κ2) is 5.88. The topological polar surface area (TPSA) is 64.9 Å². The lowest BCUT2D eigenvalue weighted by Crippen LogP contribution is -2.21. The maximum atomic E-state index is 13.0. The van der Waals surface area contributed by atoms with Gasteiger partial charge in [0.05, 0.1) is 0 Å². The summed E-state index contributed by atoms with van der Waals surface area (Å²) in [5.74, 6) is -0.400. The molecule has 1 atom stereocenters. The summed E-state index contributed by atoms with van der Waals surface area (Å²) in [6, 6.07) is 3.29. The van der Waals surface area contributed by atoms with E-state index in [9.17, 15) is 8.78 Å². The van der Waals surface area contributed by atoms with Gasteiger partial charge in [0, 0.05) is 24.9 Å². The minimum Gasteiger partial charge on any atom is -0.339 e. The fraction of sp³-hybridized carbons (Fsp3) is 0.385. The van der Waals surface area contributed by atoms with E-state index >= 15 is 0 Å². The summed E-state index contributed by atoms with van der Waals surface area (Å²) in [7, 11) is 0. The van der Waals surface area contributed by atoms with Crippen LogP contribution in [0.5, 0.6) is 0 Å². The predicted octanol–water partition coefficient (Wildman–Crippen LogP) is 2.22. The molecule has 0 fully saturated rings. The molecule has 1 heterocycles. The minimum absolute atomic E-state index is 0.0279. The molecule has 0 amide bonds. The van der Waals surface area contributed by atoms with E-state index in [0.717, 1.165) is 12.5 Å². The molecule has 2 N–H and O–H groups in total. The summed E-state index contributed by atoms with van der Waals surface area (Å²) in [6.45, 7) is 1.97. The molecule has 6 heteroatoms. The Balaban J connectivity index is 2.07. The molecule has 4 nitrogen and oxygen atoms in total. The molecule has 0 radical (unpaired) electrons. The van der Waals surface area contributed by atoms with Gasteiger partial charge in [-0.1, -0.05) is 12.1 Å². The Morgan fingerprint density at radius 2 is 1.95 bits per heavy atom. The zero-order valence-corrected chi connectivity index (χ0v) is 10.6. The van der Waals surface area contributed by atoms with Crippen molar-refractivity contribution < 1.29 is 13.3 Å². The summed E-state index contributed by atoms with van der Waals surface area (Å²) in [5.41, 5.74) is 6.24. The van der Waals surface area contributed by atoms with Gasteiger partial charge < -0.3 is 10.3 Å². The molecule has 2 aromatic rings. The zero-order chi connectivity index (χ0) is 13.8. The second-order valence-corrected chi connectivity index (χ2v) is 4.43. The van der Waals surface area contributed by atoms with Crippen LogP contribution < -0.4 is 5.73 Å². The van der Waals surface area contributed by atoms with Crippen LogP contribution in [0.25, 0.3) is 0 Å². The highest BCUT2D eigenvalue weighted by Gasteiger charge is 2.11. The molecule has 0 saturated carbocycles. The molecule has 1 aromatic heterocycles. The molecule has 0 aliphatic rings. The molecule has 0 saturated heterocycles. The quantitative estimate of drug-likeness (QED) is 0.902. The lowest BCUT2D eigenvalue weighted by molar-refractivity contribution is 0.363. The van der Waals surface area contributed by atoms with Crippen LogP contribution in [0.1, 0.15) is 30.6 Å². The van der Waals surface area contributed by atoms with Crippen molar-refractivity contribution in [3.63, 3.8) is 0 Å². The smallest absolute Gasteiger partial charge is 0.228 e. The third-order valence-corrected chi connectivity index (χ3v) is 2.76. The molecule has 0 aliphatic carbocycles. The molecule has 2 rings (SSSR count). The maximum Gasteiger partial charge on any atom is 0.228 e. The first-order valence-corrected chi connectivity index (χ1v) is 6.09. The van der Waals surface area contributed by atoms with Crippen molar-refractivity contribution in [2.75, 3.05) is 0 Å². The number of rotatable bonds is 5. The molecule has 102 valence electrons. The molecule has 0 spiro atoms. The highest BCUT2D eigenvalue weighted by Crippen LogP contribution is 2.12. The Bertz CT molecular complexity index is 536. The SMILES string of the molecule is CCC(N)Cc1nc(Cc2cc(F)cc(F)c2)no1. The maximum absolute atomic E-state index is 13.0. The Morgan fingerprint density at radius 3 is 2.58 bits per heavy atom. The first kappa shape index (κ1) is 13.6. The van der Waals surface area contributed by atoms with Crippen molar-refractivity contribution >= 4 is 0 Å². The Kier molecular flexibility index (Phi) is 4.21. The molecule has 0 aliphatic heterocycles. The van der Waals surface area contributed by atoms with Crippen LogP contribution in [0.4, 0.5) is 8.78 Å². The summed E-state index contributed by atoms with van der Waals surface area (Å²) in [5, 5.41) is 3.77. The van der Waals surface area contributed by atoms with Gasteiger partial charge in [0.2, 0.25) is 5.89 Å². The number of nitrogens with zero attached hydrogens (tertiary/aromatic N) is 2. The van der Waals surface area contributed by atoms with Crippen molar-refractivity contribution in [2.45, 2.75) is 32.2 Å². The highest BCUT2D eigenvalue weighted by molar-refractivity contribution is 5.21. The number of aromatic nitrogens is 2. The number of hydrogen-bond donors (Lipinski definition) is 1. The van der Waals surface area contributed by atoms with E-state index in [2.05, 4.69) is 10.1 Å². The number of benzene rings is 1. The lowest BCUT2D eigenvalue weighted by Gasteiger charge is -2.02. The number of hydrogen-bond acceptors (Lipinski definition) is 4. The van der Waals surface area contributed by atoms with Crippen LogP contribution in [0.3, 0.4) is 0 Å². The first-order valence-electron chi connectivity index (χ1n) is 6.09. The van der Waals surface area contributed by atoms with Gasteiger partial charge in [-0.05, 0) is 24.1 Å². The predicted molar refractivity (Wildman–Crippen MR) is 65.4 cm³/mol. The normalized spacial score (nSPS) is 12.6. The van der Waals surface area contributed by atoms with Crippen LogP contribution >= 0.6 is 0 Å². The molecular weight excluding hydrogens is 252 g/mol. The summed E-state index contributed by atoms with van der Waals surface area (Å²) < 4.78 is 31.1. The Hall–Kier alpha value is -1.82. The van der Waals surface area contributed by atoms with Crippen LogP contribution in [0, 0.1) is 11.6 Å². The Morgan fingerprint density at radius 1 is 1.26 bits per heavy atom. The van der Waals surface area contributed by atoms with Crippen LogP contribution in [0.2, 0.25) is 0 Å². The molecule has 19 heavy (non-hydrogen) atoms. The van der Waals surface area contributed by atoms with E-state index in [-0.39, 0.29) is 12.5 Å². The van der Waals surface area contributed by atoms with E-state index in [1.165, 1.54) is 12.1 Å². The summed E-state index contributed by atoms with van der Waals surface area (Å²) in [6.07, 6.45) is 1.54. The molecule has 1 aromatic carbocycles. The minimum atomic E-state index is -0.619. The van der Waals surface area contributed by atoms with E-state index < -0.39 is 11.6 Å². The lowest BCUT2D eigenvalue weighted by atomic mass is 10.1. The summed E-state index contributed by atoms with van der Waals surface area (Å²) in [4.78, 5) is 4.15. The fourth-order valence-electron chi connectivity index (χ4n) is 1.71. The van der Waals surface area contributed by atoms with E-state index in [0.29, 0.717) is 23.7 Å². The van der Waals surface area contributed by atoms with Gasteiger partial charge in [0.25, 0.3) is 0 Å². The van der Waals surface area contributed by atoms with Gasteiger partial charge >= 0.3 is 0 Å². The fourth-order valence-corrected chi connectivity index (χ4v) is 1.71. The van der Waals surface area contributed by atoms with Crippen LogP contribution in [0.15, 0.2) is 22.7 Å². The zero-order valence-electron chi connectivity index (χ0n) is 10.6. The van der Waals surface area contributed by atoms with E-state index in [4.69, 9.17) is 10.3 Å². The molecular formula is C13H15F2N3O. The molecule has 0 bridgehead atoms. The van der Waals surface area contributed by atoms with E-state index in [1.54, 1.807) is 0 Å². The van der Waals surface area contributed by atoms with Crippen LogP contribution in [-0.2, 0) is 12.8 Å². The van der Waals surface area contributed by atoms with Gasteiger partial charge in [0.15, 0.2) is 5.82 Å². The van der Waals surface area contributed by atoms with Crippen molar-refractivity contribution in [3.05, 3.63) is 47.1 Å². The third-order valence-electron chi connectivity index (χ3n) is 2.76. The first-order chi connectivity index (χ1) is 9.06. The average Bonchev–Trinajstić information content (AvgIpc) is 2.74. The van der Waals surface area contributed by atoms with Gasteiger partial charge in [0.1, 0.15) is 11.6 Å². The van der Waals surface area contributed by atoms with Crippen LogP contribution in [-0.4, -0.2) is 16.2 Å². The largest absolute Gasteiger partial charge is 0.339 e. The third kappa shape index (κ3) is 3.82. The van der Waals surface area contributed by atoms with Gasteiger partial charge in [-0.15, -0.1) is 0 Å². The monoisotopic (exact) mass is 267 g/mol. The average molecular weight is 267 g/mol. The standard InChI is InChI=1S/C13H15F2N3O/c1-2-11(16)7-13-17-12(18-19-13)5-8-3-9(14)6-10(15)4-8/h3-4,6,11H,2,5,7,16H2,1H3. The highest BCUT2D eigenvalue weighted by atomic mass is 19.1. The van der Waals surface area contributed by atoms with Gasteiger partial charge in [-0.25, -0.2) is 8.78 Å². The Labute approximate surface area is 109 Å². The van der Waals surface area contributed by atoms with Crippen molar-refractivity contribution in [1.29, 1.82) is 0 Å².